The number of aromatic nitrogens is 2. The molecule has 0 saturated heterocycles. The Bertz CT molecular complexity index is 587. The van der Waals surface area contributed by atoms with Gasteiger partial charge in [-0.05, 0) is 50.2 Å². The zero-order valence-corrected chi connectivity index (χ0v) is 13.2. The zero-order valence-electron chi connectivity index (χ0n) is 13.2. The molecule has 3 rings (SSSR count). The van der Waals surface area contributed by atoms with Crippen LogP contribution in [0.3, 0.4) is 0 Å². The molecule has 0 amide bonds. The molecule has 0 spiro atoms. The number of hydrogen-bond acceptors (Lipinski definition) is 3. The van der Waals surface area contributed by atoms with Crippen LogP contribution in [0.4, 0.5) is 0 Å². The van der Waals surface area contributed by atoms with Crippen molar-refractivity contribution in [3.8, 4) is 11.5 Å². The quantitative estimate of drug-likeness (QED) is 0.892. The van der Waals surface area contributed by atoms with Gasteiger partial charge in [0.1, 0.15) is 11.5 Å². The predicted octanol–water partition coefficient (Wildman–Crippen LogP) is 4.04. The largest absolute Gasteiger partial charge is 0.460 e. The summed E-state index contributed by atoms with van der Waals surface area (Å²) < 4.78 is 5.69. The number of aryl methyl sites for hydroxylation is 1. The van der Waals surface area contributed by atoms with Crippen molar-refractivity contribution in [1.82, 2.24) is 15.5 Å². The first-order valence-electron chi connectivity index (χ1n) is 7.86. The summed E-state index contributed by atoms with van der Waals surface area (Å²) in [4.78, 5) is 0. The molecule has 0 aromatic carbocycles. The van der Waals surface area contributed by atoms with Gasteiger partial charge in [0.05, 0.1) is 6.20 Å². The molecule has 4 heteroatoms. The van der Waals surface area contributed by atoms with E-state index in [4.69, 9.17) is 4.42 Å². The molecule has 0 atom stereocenters. The smallest absolute Gasteiger partial charge is 0.152 e. The fourth-order valence-electron chi connectivity index (χ4n) is 3.09. The molecule has 2 aromatic rings. The van der Waals surface area contributed by atoms with Crippen molar-refractivity contribution >= 4 is 0 Å². The van der Waals surface area contributed by atoms with E-state index < -0.39 is 0 Å². The van der Waals surface area contributed by atoms with Gasteiger partial charge in [0.25, 0.3) is 0 Å². The van der Waals surface area contributed by atoms with Crippen LogP contribution in [0.25, 0.3) is 11.5 Å². The fraction of sp³-hybridized carbons (Fsp3) is 0.588. The molecule has 2 aromatic heterocycles. The van der Waals surface area contributed by atoms with Gasteiger partial charge in [0.15, 0.2) is 5.76 Å². The lowest BCUT2D eigenvalue weighted by molar-refractivity contribution is 0.206. The van der Waals surface area contributed by atoms with Gasteiger partial charge < -0.3 is 9.73 Å². The van der Waals surface area contributed by atoms with Gasteiger partial charge >= 0.3 is 0 Å². The SMILES string of the molecule is Cc1ccc(-c2[nH]ncc2CNC2CCC(C)(C)CC2)o1. The Kier molecular flexibility index (Phi) is 3.89. The van der Waals surface area contributed by atoms with Crippen LogP contribution < -0.4 is 5.32 Å². The summed E-state index contributed by atoms with van der Waals surface area (Å²) in [7, 11) is 0. The van der Waals surface area contributed by atoms with Gasteiger partial charge in [0.2, 0.25) is 0 Å². The maximum absolute atomic E-state index is 5.69. The standard InChI is InChI=1S/C17H25N3O/c1-12-4-5-15(21-12)16-13(11-19-20-16)10-18-14-6-8-17(2,3)9-7-14/h4-5,11,14,18H,6-10H2,1-3H3,(H,19,20). The van der Waals surface area contributed by atoms with Crippen LogP contribution in [0.1, 0.15) is 50.9 Å². The van der Waals surface area contributed by atoms with Gasteiger partial charge in [-0.1, -0.05) is 13.8 Å². The number of rotatable bonds is 4. The first-order valence-corrected chi connectivity index (χ1v) is 7.86. The van der Waals surface area contributed by atoms with Crippen LogP contribution in [-0.4, -0.2) is 16.2 Å². The van der Waals surface area contributed by atoms with E-state index in [2.05, 4.69) is 29.4 Å². The van der Waals surface area contributed by atoms with Crippen LogP contribution in [0.15, 0.2) is 22.7 Å². The van der Waals surface area contributed by atoms with Crippen molar-refractivity contribution in [2.75, 3.05) is 0 Å². The molecule has 1 aliphatic carbocycles. The molecular formula is C17H25N3O. The molecule has 2 heterocycles. The molecule has 0 aliphatic heterocycles. The van der Waals surface area contributed by atoms with Crippen LogP contribution in [0.2, 0.25) is 0 Å². The molecule has 0 bridgehead atoms. The Morgan fingerprint density at radius 2 is 2.10 bits per heavy atom. The molecule has 114 valence electrons. The summed E-state index contributed by atoms with van der Waals surface area (Å²) in [5.74, 6) is 1.79. The Hall–Kier alpha value is -1.55. The third-order valence-electron chi connectivity index (χ3n) is 4.62. The van der Waals surface area contributed by atoms with Gasteiger partial charge in [-0.2, -0.15) is 5.10 Å². The number of H-pyrrole nitrogens is 1. The lowest BCUT2D eigenvalue weighted by Crippen LogP contribution is -2.35. The first-order chi connectivity index (χ1) is 10.0. The van der Waals surface area contributed by atoms with Crippen LogP contribution in [0, 0.1) is 12.3 Å². The van der Waals surface area contributed by atoms with E-state index in [-0.39, 0.29) is 0 Å². The Balaban J connectivity index is 1.61. The van der Waals surface area contributed by atoms with Crippen molar-refractivity contribution in [2.24, 2.45) is 5.41 Å². The van der Waals surface area contributed by atoms with E-state index in [1.165, 1.54) is 31.2 Å². The minimum Gasteiger partial charge on any atom is -0.460 e. The van der Waals surface area contributed by atoms with E-state index in [9.17, 15) is 0 Å². The van der Waals surface area contributed by atoms with Crippen molar-refractivity contribution in [3.63, 3.8) is 0 Å². The number of furan rings is 1. The summed E-state index contributed by atoms with van der Waals surface area (Å²) in [5, 5.41) is 10.9. The number of hydrogen-bond donors (Lipinski definition) is 2. The van der Waals surface area contributed by atoms with E-state index in [1.54, 1.807) is 0 Å². The number of aromatic amines is 1. The number of nitrogens with zero attached hydrogens (tertiary/aromatic N) is 1. The minimum atomic E-state index is 0.519. The third kappa shape index (κ3) is 3.38. The zero-order chi connectivity index (χ0) is 14.9. The average Bonchev–Trinajstić information content (AvgIpc) is 3.06. The van der Waals surface area contributed by atoms with Crippen LogP contribution >= 0.6 is 0 Å². The summed E-state index contributed by atoms with van der Waals surface area (Å²) >= 11 is 0. The third-order valence-corrected chi connectivity index (χ3v) is 4.62. The molecule has 0 unspecified atom stereocenters. The second-order valence-electron chi connectivity index (χ2n) is 7.00. The molecule has 1 saturated carbocycles. The fourth-order valence-corrected chi connectivity index (χ4v) is 3.09. The molecule has 2 N–H and O–H groups in total. The average molecular weight is 287 g/mol. The van der Waals surface area contributed by atoms with Gasteiger partial charge in [0, 0.05) is 18.2 Å². The summed E-state index contributed by atoms with van der Waals surface area (Å²) in [6, 6.07) is 4.60. The molecule has 0 radical (unpaired) electrons. The lowest BCUT2D eigenvalue weighted by Gasteiger charge is -2.34. The van der Waals surface area contributed by atoms with Crippen LogP contribution in [-0.2, 0) is 6.54 Å². The van der Waals surface area contributed by atoms with E-state index in [1.807, 2.05) is 25.3 Å². The van der Waals surface area contributed by atoms with Gasteiger partial charge in [-0.15, -0.1) is 0 Å². The molecule has 1 fully saturated rings. The molecule has 1 aliphatic rings. The molecular weight excluding hydrogens is 262 g/mol. The van der Waals surface area contributed by atoms with E-state index >= 15 is 0 Å². The predicted molar refractivity (Wildman–Crippen MR) is 83.9 cm³/mol. The van der Waals surface area contributed by atoms with E-state index in [0.717, 1.165) is 23.8 Å². The monoisotopic (exact) mass is 287 g/mol. The Labute approximate surface area is 126 Å². The van der Waals surface area contributed by atoms with Crippen molar-refractivity contribution in [1.29, 1.82) is 0 Å². The highest BCUT2D eigenvalue weighted by Crippen LogP contribution is 2.35. The topological polar surface area (TPSA) is 53.9 Å². The van der Waals surface area contributed by atoms with E-state index in [0.29, 0.717) is 11.5 Å². The first kappa shape index (κ1) is 14.4. The highest BCUT2D eigenvalue weighted by atomic mass is 16.3. The molecule has 21 heavy (non-hydrogen) atoms. The minimum absolute atomic E-state index is 0.519. The van der Waals surface area contributed by atoms with Crippen molar-refractivity contribution < 1.29 is 4.42 Å². The number of nitrogens with one attached hydrogen (secondary N) is 2. The van der Waals surface area contributed by atoms with Gasteiger partial charge in [-0.25, -0.2) is 0 Å². The van der Waals surface area contributed by atoms with Crippen molar-refractivity contribution in [3.05, 3.63) is 29.7 Å². The highest BCUT2D eigenvalue weighted by Gasteiger charge is 2.26. The summed E-state index contributed by atoms with van der Waals surface area (Å²) in [5.41, 5.74) is 2.69. The summed E-state index contributed by atoms with van der Waals surface area (Å²) in [6.07, 6.45) is 7.04. The highest BCUT2D eigenvalue weighted by molar-refractivity contribution is 5.56. The Morgan fingerprint density at radius 3 is 2.76 bits per heavy atom. The van der Waals surface area contributed by atoms with Gasteiger partial charge in [-0.3, -0.25) is 5.10 Å². The normalized spacial score (nSPS) is 19.0. The second-order valence-corrected chi connectivity index (χ2v) is 7.00. The second kappa shape index (κ2) is 5.68. The maximum atomic E-state index is 5.69. The van der Waals surface area contributed by atoms with Crippen LogP contribution in [0.5, 0.6) is 0 Å². The maximum Gasteiger partial charge on any atom is 0.152 e. The summed E-state index contributed by atoms with van der Waals surface area (Å²) in [6.45, 7) is 7.55. The Morgan fingerprint density at radius 1 is 1.33 bits per heavy atom. The lowest BCUT2D eigenvalue weighted by atomic mass is 9.75. The van der Waals surface area contributed by atoms with Crippen molar-refractivity contribution in [2.45, 2.75) is 59.0 Å². The molecule has 4 nitrogen and oxygen atoms in total.